The number of hydrogen-bond donors (Lipinski definition) is 0. The van der Waals surface area contributed by atoms with Crippen LogP contribution in [-0.4, -0.2) is 11.3 Å². The Hall–Kier alpha value is -9.62. The summed E-state index contributed by atoms with van der Waals surface area (Å²) in [4.78, 5) is 6.19. The molecule has 4 aliphatic rings. The second-order valence-corrected chi connectivity index (χ2v) is 22.2. The number of aromatic nitrogens is 1. The topological polar surface area (TPSA) is 20.6 Å². The maximum Gasteiger partial charge on any atom is 0.269 e. The molecule has 0 N–H and O–H groups in total. The van der Waals surface area contributed by atoms with Crippen molar-refractivity contribution in [3.8, 4) is 49.9 Å². The van der Waals surface area contributed by atoms with Gasteiger partial charge in [-0.3, -0.25) is 0 Å². The van der Waals surface area contributed by atoms with Gasteiger partial charge in [0.05, 0.1) is 22.1 Å². The molecule has 0 amide bonds. The van der Waals surface area contributed by atoms with Crippen molar-refractivity contribution in [1.29, 1.82) is 0 Å². The van der Waals surface area contributed by atoms with Gasteiger partial charge in [0.25, 0.3) is 6.71 Å². The molecule has 78 heavy (non-hydrogen) atoms. The number of para-hydroxylation sites is 5. The van der Waals surface area contributed by atoms with Gasteiger partial charge < -0.3 is 19.1 Å². The van der Waals surface area contributed by atoms with E-state index in [0.29, 0.717) is 0 Å². The number of nitrogens with zero attached hydrogens (tertiary/aromatic N) is 3. The molecule has 2 aromatic heterocycles. The third-order valence-electron chi connectivity index (χ3n) is 17.1. The van der Waals surface area contributed by atoms with E-state index >= 15 is 0 Å². The van der Waals surface area contributed by atoms with Crippen LogP contribution in [0.25, 0.3) is 60.2 Å². The summed E-state index contributed by atoms with van der Waals surface area (Å²) in [6.45, 7) is 2.07. The van der Waals surface area contributed by atoms with Crippen molar-refractivity contribution in [2.75, 3.05) is 9.80 Å². The van der Waals surface area contributed by atoms with Gasteiger partial charge in [0.15, 0.2) is 0 Å². The van der Waals surface area contributed by atoms with Crippen molar-refractivity contribution in [2.24, 2.45) is 0 Å². The van der Waals surface area contributed by atoms with Crippen LogP contribution in [0.4, 0.5) is 34.1 Å². The van der Waals surface area contributed by atoms with Gasteiger partial charge in [0.1, 0.15) is 11.5 Å². The number of hydrogen-bond acceptors (Lipinski definition) is 4. The number of fused-ring (bicyclic) bond motifs is 18. The minimum atomic E-state index is -0.668. The number of benzene rings is 11. The third-order valence-corrected chi connectivity index (χ3v) is 18.3. The molecular formula is C72H46BN3OS. The molecule has 11 aromatic carbocycles. The zero-order chi connectivity index (χ0) is 51.2. The molecule has 0 fully saturated rings. The van der Waals surface area contributed by atoms with Crippen LogP contribution in [0.3, 0.4) is 0 Å². The first-order valence-corrected chi connectivity index (χ1v) is 27.8. The van der Waals surface area contributed by atoms with E-state index < -0.39 is 5.41 Å². The van der Waals surface area contributed by atoms with E-state index in [1.807, 2.05) is 11.3 Å². The van der Waals surface area contributed by atoms with Crippen molar-refractivity contribution in [3.63, 3.8) is 0 Å². The molecule has 1 unspecified atom stereocenters. The molecule has 0 saturated heterocycles. The number of ether oxygens (including phenoxy) is 1. The summed E-state index contributed by atoms with van der Waals surface area (Å²) in [5, 5.41) is 2.50. The highest BCUT2D eigenvalue weighted by Gasteiger charge is 2.57. The smallest absolute Gasteiger partial charge is 0.269 e. The third kappa shape index (κ3) is 5.90. The average Bonchev–Trinajstić information content (AvgIpc) is 3.52. The van der Waals surface area contributed by atoms with Crippen LogP contribution < -0.4 is 30.2 Å². The van der Waals surface area contributed by atoms with Crippen molar-refractivity contribution in [3.05, 3.63) is 289 Å². The first-order valence-electron chi connectivity index (χ1n) is 26.9. The normalized spacial score (nSPS) is 14.8. The second-order valence-electron chi connectivity index (χ2n) is 21.1. The van der Waals surface area contributed by atoms with Crippen LogP contribution in [-0.2, 0) is 5.41 Å². The van der Waals surface area contributed by atoms with E-state index in [2.05, 4.69) is 282 Å². The molecular weight excluding hydrogens is 966 g/mol. The first kappa shape index (κ1) is 43.6. The second kappa shape index (κ2) is 16.4. The lowest BCUT2D eigenvalue weighted by atomic mass is 9.36. The monoisotopic (exact) mass is 1010 g/mol. The van der Waals surface area contributed by atoms with Gasteiger partial charge in [-0.15, -0.1) is 11.3 Å². The molecule has 17 rings (SSSR count). The van der Waals surface area contributed by atoms with Gasteiger partial charge in [-0.2, -0.15) is 0 Å². The molecule has 1 spiro atoms. The zero-order valence-corrected chi connectivity index (χ0v) is 43.4. The quantitative estimate of drug-likeness (QED) is 0.155. The summed E-state index contributed by atoms with van der Waals surface area (Å²) >= 11 is 1.93. The van der Waals surface area contributed by atoms with Crippen LogP contribution in [0, 0.1) is 6.92 Å². The molecule has 6 heteroatoms. The minimum Gasteiger partial charge on any atom is -0.457 e. The highest BCUT2D eigenvalue weighted by atomic mass is 32.1. The summed E-state index contributed by atoms with van der Waals surface area (Å²) in [7, 11) is 0. The van der Waals surface area contributed by atoms with Gasteiger partial charge in [-0.1, -0.05) is 176 Å². The molecule has 364 valence electrons. The van der Waals surface area contributed by atoms with Crippen molar-refractivity contribution >= 4 is 89.7 Å². The van der Waals surface area contributed by atoms with E-state index in [1.54, 1.807) is 0 Å². The molecule has 0 bridgehead atoms. The first-order chi connectivity index (χ1) is 38.6. The summed E-state index contributed by atoms with van der Waals surface area (Å²) < 4.78 is 11.6. The highest BCUT2D eigenvalue weighted by molar-refractivity contribution is 7.31. The number of anilines is 6. The Morgan fingerprint density at radius 3 is 1.77 bits per heavy atom. The summed E-state index contributed by atoms with van der Waals surface area (Å²) in [5.74, 6) is 1.88. The molecule has 1 atom stereocenters. The maximum absolute atomic E-state index is 7.85. The van der Waals surface area contributed by atoms with Gasteiger partial charge >= 0.3 is 0 Å². The summed E-state index contributed by atoms with van der Waals surface area (Å²) in [6, 6.07) is 96.4. The van der Waals surface area contributed by atoms with E-state index in [0.717, 1.165) is 56.9 Å². The summed E-state index contributed by atoms with van der Waals surface area (Å²) in [5.41, 5.74) is 24.4. The van der Waals surface area contributed by atoms with Crippen LogP contribution in [0.5, 0.6) is 11.5 Å². The SMILES string of the molecule is Cc1cc2c3c(c1)N(c1ccccc1-c1ccccc1)c1ccc(N(c4ccccc4)c4ccccc4)cc1B3c1sc3c(c1O2)C1(c2ccccc2-c2ccc(-n4c5ccccc5c5ccccc54)cc21)c1ccccc1-3. The Morgan fingerprint density at radius 2 is 1.05 bits per heavy atom. The Balaban J connectivity index is 0.951. The van der Waals surface area contributed by atoms with E-state index in [9.17, 15) is 0 Å². The molecule has 0 radical (unpaired) electrons. The summed E-state index contributed by atoms with van der Waals surface area (Å²) in [6.07, 6.45) is 0. The molecule has 0 saturated carbocycles. The van der Waals surface area contributed by atoms with E-state index in [4.69, 9.17) is 4.74 Å². The van der Waals surface area contributed by atoms with E-state index in [1.165, 1.54) is 92.5 Å². The lowest BCUT2D eigenvalue weighted by molar-refractivity contribution is 0.478. The lowest BCUT2D eigenvalue weighted by Crippen LogP contribution is -2.59. The predicted octanol–water partition coefficient (Wildman–Crippen LogP) is 17.0. The molecule has 13 aromatic rings. The fraction of sp³-hybridized carbons (Fsp3) is 0.0278. The Kier molecular flexibility index (Phi) is 9.19. The Bertz CT molecular complexity index is 4550. The van der Waals surface area contributed by atoms with Crippen LogP contribution in [0.2, 0.25) is 0 Å². The molecule has 2 aliphatic carbocycles. The zero-order valence-electron chi connectivity index (χ0n) is 42.6. The molecule has 4 nitrogen and oxygen atoms in total. The van der Waals surface area contributed by atoms with E-state index in [-0.39, 0.29) is 6.71 Å². The largest absolute Gasteiger partial charge is 0.457 e. The molecule has 2 aliphatic heterocycles. The fourth-order valence-corrected chi connectivity index (χ4v) is 15.5. The number of thiophene rings is 1. The van der Waals surface area contributed by atoms with Gasteiger partial charge in [0, 0.05) is 65.7 Å². The average molecular weight is 1010 g/mol. The van der Waals surface area contributed by atoms with Crippen LogP contribution >= 0.6 is 11.3 Å². The standard InChI is InChI=1S/C72H46BN3OS/c1-45-41-65-68-66(42-45)77-69-67-70(56-31-12-17-33-58(56)72(67)57-32-16-11-28-52(57)53-39-37-49(43-59(53)72)75-62-35-19-14-29-54(62)55-30-15-20-36-63(55)75)78-71(69)73(68)60-44-50(74(47-23-7-3-8-24-47)48-25-9-4-10-26-48)38-40-64(60)76(65)61-34-18-13-27-51(61)46-21-5-2-6-22-46/h2-44H,1H3. The predicted molar refractivity (Wildman–Crippen MR) is 326 cm³/mol. The van der Waals surface area contributed by atoms with Gasteiger partial charge in [0.2, 0.25) is 0 Å². The van der Waals surface area contributed by atoms with Crippen molar-refractivity contribution in [1.82, 2.24) is 4.57 Å². The molecule has 4 heterocycles. The van der Waals surface area contributed by atoms with Crippen molar-refractivity contribution < 1.29 is 4.74 Å². The van der Waals surface area contributed by atoms with Gasteiger partial charge in [-0.05, 0) is 147 Å². The van der Waals surface area contributed by atoms with Crippen molar-refractivity contribution in [2.45, 2.75) is 12.3 Å². The Labute approximate surface area is 457 Å². The highest BCUT2D eigenvalue weighted by Crippen LogP contribution is 2.67. The van der Waals surface area contributed by atoms with Crippen LogP contribution in [0.1, 0.15) is 27.8 Å². The van der Waals surface area contributed by atoms with Crippen LogP contribution in [0.15, 0.2) is 261 Å². The Morgan fingerprint density at radius 1 is 0.462 bits per heavy atom. The fourth-order valence-electron chi connectivity index (χ4n) is 14.0. The van der Waals surface area contributed by atoms with Gasteiger partial charge in [-0.25, -0.2) is 0 Å². The maximum atomic E-state index is 7.85. The number of aryl methyl sites for hydroxylation is 1. The lowest BCUT2D eigenvalue weighted by Gasteiger charge is -2.41. The number of rotatable bonds is 6. The minimum absolute atomic E-state index is 0.150.